The highest BCUT2D eigenvalue weighted by atomic mass is 79.9. The van der Waals surface area contributed by atoms with E-state index >= 15 is 0 Å². The molecule has 0 atom stereocenters. The summed E-state index contributed by atoms with van der Waals surface area (Å²) in [5.41, 5.74) is 0.756. The summed E-state index contributed by atoms with van der Waals surface area (Å²) in [6.45, 7) is 2.19. The number of hydrogen-bond acceptors (Lipinski definition) is 5. The van der Waals surface area contributed by atoms with Gasteiger partial charge in [-0.1, -0.05) is 6.07 Å². The number of ether oxygens (including phenoxy) is 1. The van der Waals surface area contributed by atoms with Crippen molar-refractivity contribution >= 4 is 21.9 Å². The lowest BCUT2D eigenvalue weighted by molar-refractivity contribution is 0.0505. The number of carbonyl (C=O) groups excluding carboxylic acids is 1. The molecule has 0 fully saturated rings. The minimum Gasteiger partial charge on any atom is -0.460 e. The molecular weight excluding hydrogens is 319 g/mol. The minimum atomic E-state index is -0.589. The Balaban J connectivity index is 2.21. The summed E-state index contributed by atoms with van der Waals surface area (Å²) < 4.78 is 19.6. The van der Waals surface area contributed by atoms with Gasteiger partial charge >= 0.3 is 5.97 Å². The van der Waals surface area contributed by atoms with Crippen molar-refractivity contribution in [1.82, 2.24) is 20.2 Å². The second-order valence-electron chi connectivity index (χ2n) is 3.63. The van der Waals surface area contributed by atoms with Crippen LogP contribution in [0.4, 0.5) is 4.39 Å². The average molecular weight is 329 g/mol. The number of halogens is 2. The third kappa shape index (κ3) is 3.14. The quantitative estimate of drug-likeness (QED) is 0.800. The molecule has 0 unspecified atom stereocenters. The van der Waals surface area contributed by atoms with E-state index in [0.29, 0.717) is 4.47 Å². The summed E-state index contributed by atoms with van der Waals surface area (Å²) in [6.07, 6.45) is 0. The fourth-order valence-electron chi connectivity index (χ4n) is 1.46. The van der Waals surface area contributed by atoms with Crippen LogP contribution in [0.5, 0.6) is 0 Å². The summed E-state index contributed by atoms with van der Waals surface area (Å²) in [4.78, 5) is 11.6. The molecule has 1 heterocycles. The number of benzene rings is 1. The highest BCUT2D eigenvalue weighted by molar-refractivity contribution is 9.10. The SMILES string of the molecule is CCOC(=O)c1nnnn1Cc1ccc(F)c(Br)c1. The minimum absolute atomic E-state index is 0.0160. The maximum atomic E-state index is 13.1. The van der Waals surface area contributed by atoms with Crippen LogP contribution in [0.3, 0.4) is 0 Å². The zero-order valence-electron chi connectivity index (χ0n) is 10.0. The molecule has 0 aliphatic heterocycles. The van der Waals surface area contributed by atoms with Crippen molar-refractivity contribution in [3.05, 3.63) is 39.9 Å². The molecule has 0 aliphatic carbocycles. The number of carbonyl (C=O) groups is 1. The van der Waals surface area contributed by atoms with Gasteiger partial charge in [0.2, 0.25) is 0 Å². The van der Waals surface area contributed by atoms with Crippen molar-refractivity contribution in [2.75, 3.05) is 6.61 Å². The Hall–Kier alpha value is -1.83. The highest BCUT2D eigenvalue weighted by Crippen LogP contribution is 2.17. The second-order valence-corrected chi connectivity index (χ2v) is 4.48. The molecule has 1 aromatic heterocycles. The lowest BCUT2D eigenvalue weighted by Crippen LogP contribution is -2.15. The molecule has 8 heteroatoms. The first-order valence-electron chi connectivity index (χ1n) is 5.49. The zero-order valence-corrected chi connectivity index (χ0v) is 11.6. The average Bonchev–Trinajstić information content (AvgIpc) is 2.82. The molecule has 100 valence electrons. The normalized spacial score (nSPS) is 10.5. The van der Waals surface area contributed by atoms with E-state index in [1.165, 1.54) is 10.7 Å². The summed E-state index contributed by atoms with van der Waals surface area (Å²) >= 11 is 3.09. The van der Waals surface area contributed by atoms with Gasteiger partial charge in [-0.3, -0.25) is 0 Å². The Labute approximate surface area is 116 Å². The highest BCUT2D eigenvalue weighted by Gasteiger charge is 2.16. The van der Waals surface area contributed by atoms with Gasteiger partial charge in [-0.2, -0.15) is 0 Å². The topological polar surface area (TPSA) is 69.9 Å². The first kappa shape index (κ1) is 13.6. The first-order chi connectivity index (χ1) is 9.11. The van der Waals surface area contributed by atoms with Crippen LogP contribution >= 0.6 is 15.9 Å². The van der Waals surface area contributed by atoms with Gasteiger partial charge < -0.3 is 4.74 Å². The van der Waals surface area contributed by atoms with Crippen LogP contribution < -0.4 is 0 Å². The number of aromatic nitrogens is 4. The Morgan fingerprint density at radius 3 is 3.00 bits per heavy atom. The molecule has 0 spiro atoms. The molecule has 6 nitrogen and oxygen atoms in total. The lowest BCUT2D eigenvalue weighted by Gasteiger charge is -2.05. The van der Waals surface area contributed by atoms with Gasteiger partial charge in [0.05, 0.1) is 17.6 Å². The molecule has 0 N–H and O–H groups in total. The van der Waals surface area contributed by atoms with E-state index < -0.39 is 5.97 Å². The maximum absolute atomic E-state index is 13.1. The third-order valence-electron chi connectivity index (χ3n) is 2.31. The summed E-state index contributed by atoms with van der Waals surface area (Å²) in [6, 6.07) is 4.52. The molecule has 2 rings (SSSR count). The Bertz CT molecular complexity index is 602. The lowest BCUT2D eigenvalue weighted by atomic mass is 10.2. The zero-order chi connectivity index (χ0) is 13.8. The molecule has 0 radical (unpaired) electrons. The second kappa shape index (κ2) is 5.87. The van der Waals surface area contributed by atoms with Crippen molar-refractivity contribution in [3.8, 4) is 0 Å². The fraction of sp³-hybridized carbons (Fsp3) is 0.273. The fourth-order valence-corrected chi connectivity index (χ4v) is 1.89. The van der Waals surface area contributed by atoms with Crippen molar-refractivity contribution in [2.45, 2.75) is 13.5 Å². The van der Waals surface area contributed by atoms with Crippen LogP contribution in [0.1, 0.15) is 23.1 Å². The van der Waals surface area contributed by atoms with E-state index in [-0.39, 0.29) is 24.8 Å². The summed E-state index contributed by atoms with van der Waals surface area (Å²) in [5, 5.41) is 10.8. The Morgan fingerprint density at radius 2 is 2.32 bits per heavy atom. The van der Waals surface area contributed by atoms with E-state index in [9.17, 15) is 9.18 Å². The molecular formula is C11H10BrFN4O2. The number of esters is 1. The maximum Gasteiger partial charge on any atom is 0.378 e. The van der Waals surface area contributed by atoms with Gasteiger partial charge in [0, 0.05) is 0 Å². The number of tetrazole rings is 1. The third-order valence-corrected chi connectivity index (χ3v) is 2.91. The van der Waals surface area contributed by atoms with Gasteiger partial charge in [0.15, 0.2) is 0 Å². The number of nitrogens with zero attached hydrogens (tertiary/aromatic N) is 4. The molecule has 0 saturated heterocycles. The molecule has 1 aromatic carbocycles. The standard InChI is InChI=1S/C11H10BrFN4O2/c1-2-19-11(18)10-14-15-16-17(10)6-7-3-4-9(13)8(12)5-7/h3-5H,2,6H2,1H3. The van der Waals surface area contributed by atoms with Crippen LogP contribution in [0, 0.1) is 5.82 Å². The van der Waals surface area contributed by atoms with Crippen molar-refractivity contribution < 1.29 is 13.9 Å². The number of rotatable bonds is 4. The molecule has 19 heavy (non-hydrogen) atoms. The van der Waals surface area contributed by atoms with Gasteiger partial charge in [-0.05, 0) is 51.0 Å². The first-order valence-corrected chi connectivity index (χ1v) is 6.28. The molecule has 2 aromatic rings. The predicted octanol–water partition coefficient (Wildman–Crippen LogP) is 1.80. The van der Waals surface area contributed by atoms with E-state index in [1.807, 2.05) is 0 Å². The largest absolute Gasteiger partial charge is 0.460 e. The van der Waals surface area contributed by atoms with Gasteiger partial charge in [-0.15, -0.1) is 5.10 Å². The van der Waals surface area contributed by atoms with Crippen LogP contribution in [-0.4, -0.2) is 32.8 Å². The summed E-state index contributed by atoms with van der Waals surface area (Å²) in [7, 11) is 0. The molecule has 0 amide bonds. The van der Waals surface area contributed by atoms with Crippen LogP contribution in [0.25, 0.3) is 0 Å². The van der Waals surface area contributed by atoms with E-state index in [4.69, 9.17) is 4.74 Å². The van der Waals surface area contributed by atoms with Crippen LogP contribution in [-0.2, 0) is 11.3 Å². The van der Waals surface area contributed by atoms with Crippen molar-refractivity contribution in [2.24, 2.45) is 0 Å². The predicted molar refractivity (Wildman–Crippen MR) is 67.0 cm³/mol. The van der Waals surface area contributed by atoms with E-state index in [2.05, 4.69) is 31.5 Å². The van der Waals surface area contributed by atoms with E-state index in [1.54, 1.807) is 19.1 Å². The summed E-state index contributed by atoms with van der Waals surface area (Å²) in [5.74, 6) is -0.929. The van der Waals surface area contributed by atoms with Gasteiger partial charge in [0.1, 0.15) is 5.82 Å². The Morgan fingerprint density at radius 1 is 1.53 bits per heavy atom. The molecule has 0 saturated carbocycles. The van der Waals surface area contributed by atoms with Crippen LogP contribution in [0.15, 0.2) is 22.7 Å². The van der Waals surface area contributed by atoms with Gasteiger partial charge in [-0.25, -0.2) is 13.9 Å². The molecule has 0 bridgehead atoms. The Kier molecular flexibility index (Phi) is 4.20. The van der Waals surface area contributed by atoms with Crippen molar-refractivity contribution in [3.63, 3.8) is 0 Å². The van der Waals surface area contributed by atoms with Crippen LogP contribution in [0.2, 0.25) is 0 Å². The van der Waals surface area contributed by atoms with Crippen molar-refractivity contribution in [1.29, 1.82) is 0 Å². The number of hydrogen-bond donors (Lipinski definition) is 0. The monoisotopic (exact) mass is 328 g/mol. The van der Waals surface area contributed by atoms with E-state index in [0.717, 1.165) is 5.56 Å². The van der Waals surface area contributed by atoms with Gasteiger partial charge in [0.25, 0.3) is 5.82 Å². The molecule has 0 aliphatic rings. The smallest absolute Gasteiger partial charge is 0.378 e.